The Morgan fingerprint density at radius 1 is 1.30 bits per heavy atom. The van der Waals surface area contributed by atoms with E-state index in [9.17, 15) is 4.39 Å². The highest BCUT2D eigenvalue weighted by molar-refractivity contribution is 9.10. The van der Waals surface area contributed by atoms with Crippen molar-refractivity contribution in [3.05, 3.63) is 40.4 Å². The number of benzene rings is 1. The number of methoxy groups -OCH3 is 1. The van der Waals surface area contributed by atoms with E-state index in [1.165, 1.54) is 6.07 Å². The minimum Gasteiger partial charge on any atom is -0.377 e. The van der Waals surface area contributed by atoms with Crippen molar-refractivity contribution in [2.45, 2.75) is 6.61 Å². The Morgan fingerprint density at radius 3 is 2.70 bits per heavy atom. The maximum Gasteiger partial charge on any atom is 0.158 e. The number of rotatable bonds is 5. The lowest BCUT2D eigenvalue weighted by Gasteiger charge is -2.11. The van der Waals surface area contributed by atoms with Crippen LogP contribution in [-0.2, 0) is 11.3 Å². The summed E-state index contributed by atoms with van der Waals surface area (Å²) in [6.45, 7) is 0.280. The number of ether oxygens (including phenoxy) is 1. The molecule has 2 aromatic rings. The lowest BCUT2D eigenvalue weighted by Crippen LogP contribution is -2.05. The maximum atomic E-state index is 13.8. The van der Waals surface area contributed by atoms with Crippen LogP contribution in [-0.4, -0.2) is 24.1 Å². The molecule has 2 N–H and O–H groups in total. The van der Waals surface area contributed by atoms with Gasteiger partial charge in [-0.2, -0.15) is 0 Å². The van der Waals surface area contributed by atoms with Gasteiger partial charge in [0.2, 0.25) is 0 Å². The predicted octanol–water partition coefficient (Wildman–Crippen LogP) is 3.31. The summed E-state index contributed by atoms with van der Waals surface area (Å²) in [6.07, 6.45) is 0. The zero-order valence-electron chi connectivity index (χ0n) is 11.1. The Labute approximate surface area is 124 Å². The summed E-state index contributed by atoms with van der Waals surface area (Å²) in [5.41, 5.74) is 0.330. The summed E-state index contributed by atoms with van der Waals surface area (Å²) in [7, 11) is 3.32. The molecule has 1 aromatic heterocycles. The zero-order chi connectivity index (χ0) is 14.5. The van der Waals surface area contributed by atoms with Crippen molar-refractivity contribution in [3.8, 4) is 0 Å². The second-order valence-corrected chi connectivity index (χ2v) is 4.81. The monoisotopic (exact) mass is 340 g/mol. The van der Waals surface area contributed by atoms with Crippen LogP contribution < -0.4 is 10.6 Å². The number of halogens is 2. The van der Waals surface area contributed by atoms with Gasteiger partial charge in [0.25, 0.3) is 0 Å². The van der Waals surface area contributed by atoms with Crippen molar-refractivity contribution in [2.75, 3.05) is 24.8 Å². The van der Waals surface area contributed by atoms with E-state index in [0.29, 0.717) is 27.6 Å². The van der Waals surface area contributed by atoms with E-state index in [-0.39, 0.29) is 12.4 Å². The van der Waals surface area contributed by atoms with E-state index in [1.807, 2.05) is 0 Å². The molecule has 0 fully saturated rings. The first-order valence-electron chi connectivity index (χ1n) is 5.89. The highest BCUT2D eigenvalue weighted by atomic mass is 79.9. The van der Waals surface area contributed by atoms with Crippen molar-refractivity contribution < 1.29 is 9.13 Å². The fourth-order valence-electron chi connectivity index (χ4n) is 1.63. The number of para-hydroxylation sites is 1. The Kier molecular flexibility index (Phi) is 4.86. The first-order valence-corrected chi connectivity index (χ1v) is 6.69. The Bertz CT molecular complexity index is 589. The van der Waals surface area contributed by atoms with E-state index in [0.717, 1.165) is 0 Å². The van der Waals surface area contributed by atoms with Gasteiger partial charge >= 0.3 is 0 Å². The fraction of sp³-hybridized carbons (Fsp3) is 0.231. The van der Waals surface area contributed by atoms with Crippen molar-refractivity contribution >= 4 is 33.3 Å². The third kappa shape index (κ3) is 3.43. The Hall–Kier alpha value is -1.73. The van der Waals surface area contributed by atoms with Crippen molar-refractivity contribution in [3.63, 3.8) is 0 Å². The second-order valence-electron chi connectivity index (χ2n) is 3.96. The average molecular weight is 341 g/mol. The van der Waals surface area contributed by atoms with Crippen LogP contribution in [0.25, 0.3) is 0 Å². The quantitative estimate of drug-likeness (QED) is 0.874. The molecule has 0 unspecified atom stereocenters. The second kappa shape index (κ2) is 6.62. The van der Waals surface area contributed by atoms with Gasteiger partial charge in [0.15, 0.2) is 5.82 Å². The smallest absolute Gasteiger partial charge is 0.158 e. The average Bonchev–Trinajstić information content (AvgIpc) is 2.43. The van der Waals surface area contributed by atoms with E-state index in [2.05, 4.69) is 36.5 Å². The molecule has 7 heteroatoms. The number of hydrogen-bond donors (Lipinski definition) is 2. The van der Waals surface area contributed by atoms with Crippen LogP contribution in [0.4, 0.5) is 21.7 Å². The van der Waals surface area contributed by atoms with Crippen molar-refractivity contribution in [1.29, 1.82) is 0 Å². The Morgan fingerprint density at radius 2 is 2.05 bits per heavy atom. The van der Waals surface area contributed by atoms with Gasteiger partial charge in [0.1, 0.15) is 24.1 Å². The van der Waals surface area contributed by atoms with Crippen molar-refractivity contribution in [1.82, 2.24) is 9.97 Å². The molecule has 0 radical (unpaired) electrons. The molecule has 5 nitrogen and oxygen atoms in total. The molecule has 0 aliphatic rings. The zero-order valence-corrected chi connectivity index (χ0v) is 12.7. The van der Waals surface area contributed by atoms with E-state index in [1.54, 1.807) is 32.4 Å². The van der Waals surface area contributed by atoms with Gasteiger partial charge in [-0.3, -0.25) is 0 Å². The first kappa shape index (κ1) is 14.7. The molecule has 0 aliphatic heterocycles. The molecule has 0 saturated carbocycles. The van der Waals surface area contributed by atoms with Gasteiger partial charge in [-0.05, 0) is 28.1 Å². The predicted molar refractivity (Wildman–Crippen MR) is 79.7 cm³/mol. The lowest BCUT2D eigenvalue weighted by atomic mass is 10.3. The van der Waals surface area contributed by atoms with Gasteiger partial charge in [-0.15, -0.1) is 0 Å². The lowest BCUT2D eigenvalue weighted by molar-refractivity contribution is 0.178. The molecule has 0 amide bonds. The normalized spacial score (nSPS) is 10.4. The van der Waals surface area contributed by atoms with Crippen LogP contribution in [0.3, 0.4) is 0 Å². The number of nitrogens with zero attached hydrogens (tertiary/aromatic N) is 2. The number of nitrogens with one attached hydrogen (secondary N) is 2. The molecule has 0 bridgehead atoms. The SMILES string of the molecule is CNc1cc(Nc2c(F)cccc2Br)nc(COC)n1. The summed E-state index contributed by atoms with van der Waals surface area (Å²) in [6, 6.07) is 6.45. The molecule has 0 aliphatic carbocycles. The highest BCUT2D eigenvalue weighted by Crippen LogP contribution is 2.28. The van der Waals surface area contributed by atoms with Crippen LogP contribution in [0.15, 0.2) is 28.7 Å². The number of hydrogen-bond acceptors (Lipinski definition) is 5. The summed E-state index contributed by atoms with van der Waals surface area (Å²) in [4.78, 5) is 8.51. The molecule has 0 atom stereocenters. The van der Waals surface area contributed by atoms with Gasteiger partial charge in [0, 0.05) is 24.7 Å². The largest absolute Gasteiger partial charge is 0.377 e. The number of anilines is 3. The topological polar surface area (TPSA) is 59.1 Å². The molecule has 1 aromatic carbocycles. The van der Waals surface area contributed by atoms with E-state index < -0.39 is 0 Å². The van der Waals surface area contributed by atoms with E-state index in [4.69, 9.17) is 4.74 Å². The van der Waals surface area contributed by atoms with Crippen LogP contribution in [0.1, 0.15) is 5.82 Å². The molecule has 1 heterocycles. The summed E-state index contributed by atoms with van der Waals surface area (Å²) in [5.74, 6) is 1.26. The van der Waals surface area contributed by atoms with Crippen molar-refractivity contribution in [2.24, 2.45) is 0 Å². The molecule has 106 valence electrons. The minimum absolute atomic E-state index is 0.280. The molecule has 0 spiro atoms. The van der Waals surface area contributed by atoms with Gasteiger partial charge in [-0.1, -0.05) is 6.07 Å². The summed E-state index contributed by atoms with van der Waals surface area (Å²) >= 11 is 3.30. The fourth-order valence-corrected chi connectivity index (χ4v) is 2.07. The van der Waals surface area contributed by atoms with Gasteiger partial charge < -0.3 is 15.4 Å². The molecule has 2 rings (SSSR count). The van der Waals surface area contributed by atoms with Crippen LogP contribution in [0, 0.1) is 5.82 Å². The highest BCUT2D eigenvalue weighted by Gasteiger charge is 2.09. The van der Waals surface area contributed by atoms with Gasteiger partial charge in [-0.25, -0.2) is 14.4 Å². The molecule has 0 saturated heterocycles. The Balaban J connectivity index is 2.35. The standard InChI is InChI=1S/C13H14BrFN4O/c1-16-10-6-11(18-12(17-10)7-20-2)19-13-8(14)4-3-5-9(13)15/h3-6H,7H2,1-2H3,(H2,16,17,18,19). The molecular weight excluding hydrogens is 327 g/mol. The molecular formula is C13H14BrFN4O. The van der Waals surface area contributed by atoms with Crippen LogP contribution >= 0.6 is 15.9 Å². The third-order valence-electron chi connectivity index (χ3n) is 2.52. The number of aromatic nitrogens is 2. The summed E-state index contributed by atoms with van der Waals surface area (Å²) < 4.78 is 19.4. The molecule has 20 heavy (non-hydrogen) atoms. The third-order valence-corrected chi connectivity index (χ3v) is 3.18. The first-order chi connectivity index (χ1) is 9.63. The summed E-state index contributed by atoms with van der Waals surface area (Å²) in [5, 5.41) is 5.87. The van der Waals surface area contributed by atoms with Crippen LogP contribution in [0.2, 0.25) is 0 Å². The van der Waals surface area contributed by atoms with E-state index >= 15 is 0 Å². The minimum atomic E-state index is -0.364. The maximum absolute atomic E-state index is 13.8. The van der Waals surface area contributed by atoms with Gasteiger partial charge in [0.05, 0.1) is 5.69 Å². The van der Waals surface area contributed by atoms with Crippen LogP contribution in [0.5, 0.6) is 0 Å².